The summed E-state index contributed by atoms with van der Waals surface area (Å²) in [6.07, 6.45) is 4.34. The van der Waals surface area contributed by atoms with Gasteiger partial charge in [0.1, 0.15) is 41.2 Å². The fraction of sp³-hybridized carbons (Fsp3) is 0.641. The van der Waals surface area contributed by atoms with Gasteiger partial charge in [0.2, 0.25) is 11.8 Å². The Morgan fingerprint density at radius 1 is 1.24 bits per heavy atom. The summed E-state index contributed by atoms with van der Waals surface area (Å²) in [4.78, 5) is 57.1. The maximum atomic E-state index is 14.3. The van der Waals surface area contributed by atoms with E-state index in [-0.39, 0.29) is 41.5 Å². The molecule has 0 spiro atoms. The van der Waals surface area contributed by atoms with E-state index in [2.05, 4.69) is 19.2 Å². The van der Waals surface area contributed by atoms with Crippen LogP contribution in [0.1, 0.15) is 72.8 Å². The van der Waals surface area contributed by atoms with Crippen LogP contribution in [0.5, 0.6) is 5.75 Å². The number of anilines is 1. The number of alkyl carbamates (subject to hydrolysis) is 1. The predicted molar refractivity (Wildman–Crippen MR) is 215 cm³/mol. The average molecular weight is 826 g/mol. The van der Waals surface area contributed by atoms with Crippen molar-refractivity contribution in [1.82, 2.24) is 10.2 Å². The molecule has 4 bridgehead atoms. The van der Waals surface area contributed by atoms with E-state index in [0.29, 0.717) is 24.3 Å². The molecule has 0 radical (unpaired) electrons. The third-order valence-corrected chi connectivity index (χ3v) is 13.8. The first-order chi connectivity index (χ1) is 25.6. The largest absolute Gasteiger partial charge is 0.495 e. The first kappa shape index (κ1) is 44.8. The minimum Gasteiger partial charge on any atom is -0.495 e. The summed E-state index contributed by atoms with van der Waals surface area (Å²) in [7, 11) is 9.37. The molecule has 3 amide bonds. The molecule has 0 saturated carbocycles. The van der Waals surface area contributed by atoms with E-state index in [9.17, 15) is 24.3 Å². The summed E-state index contributed by atoms with van der Waals surface area (Å²) in [6, 6.07) is 2.61. The van der Waals surface area contributed by atoms with Crippen LogP contribution in [-0.2, 0) is 39.8 Å². The third-order valence-electron chi connectivity index (χ3n) is 10.7. The zero-order valence-corrected chi connectivity index (χ0v) is 36.0. The van der Waals surface area contributed by atoms with Crippen molar-refractivity contribution in [2.75, 3.05) is 46.1 Å². The van der Waals surface area contributed by atoms with E-state index < -0.39 is 59.1 Å². The maximum absolute atomic E-state index is 14.3. The van der Waals surface area contributed by atoms with E-state index in [4.69, 9.17) is 35.3 Å². The van der Waals surface area contributed by atoms with E-state index in [1.807, 2.05) is 19.3 Å². The number of carbonyl (C=O) groups excluding carboxylic acids is 4. The van der Waals surface area contributed by atoms with Gasteiger partial charge in [-0.1, -0.05) is 63.9 Å². The second kappa shape index (κ2) is 17.7. The molecule has 3 aliphatic heterocycles. The Labute approximate surface area is 337 Å². The number of nitrogens with one attached hydrogen (secondary N) is 1. The normalized spacial score (nSPS) is 30.8. The predicted octanol–water partition coefficient (Wildman–Crippen LogP) is 6.09. The highest BCUT2D eigenvalue weighted by molar-refractivity contribution is 8.76. The smallest absolute Gasteiger partial charge is 0.409 e. The number of likely N-dealkylation sites (N-methyl/N-ethyl adjacent to an activating group) is 1. The number of aliphatic hydroxyl groups is 1. The molecule has 7 atom stereocenters. The number of hydrogen-bond donors (Lipinski definition) is 2. The Bertz CT molecular complexity index is 1690. The fourth-order valence-electron chi connectivity index (χ4n) is 7.32. The Morgan fingerprint density at radius 3 is 2.56 bits per heavy atom. The van der Waals surface area contributed by atoms with Gasteiger partial charge in [0, 0.05) is 44.2 Å². The van der Waals surface area contributed by atoms with Crippen LogP contribution in [0, 0.1) is 5.41 Å². The molecule has 306 valence electrons. The second-order valence-electron chi connectivity index (χ2n) is 15.8. The van der Waals surface area contributed by atoms with Crippen LogP contribution in [0.25, 0.3) is 0 Å². The standard InChI is InChI=1S/C39H56ClN3O10S2/c1-23-13-12-14-28(50-10)39(48)21-37(5,22-51-35(47)41-39)34-38(6,53-34)29(20-31(45)43(8)26-18-25(17-23)19-27(49-9)32(26)40)52-33(46)24(2)42(7)30(44)15-16-36(3,4)55-54-11/h12-14,18-19,24,28-29,34,48H,15-17,20-22H2,1-11H3,(H,41,47)/b14-12+,23-13+/t24-,28+,29-,34-,37+,38-,39-/m0/s1. The quantitative estimate of drug-likeness (QED) is 0.159. The third kappa shape index (κ3) is 10.3. The molecule has 16 heteroatoms. The lowest BCUT2D eigenvalue weighted by Crippen LogP contribution is -2.58. The van der Waals surface area contributed by atoms with Crippen molar-refractivity contribution in [3.63, 3.8) is 0 Å². The summed E-state index contributed by atoms with van der Waals surface area (Å²) >= 11 is 6.78. The number of hydrogen-bond acceptors (Lipinski definition) is 12. The highest BCUT2D eigenvalue weighted by Gasteiger charge is 2.69. The summed E-state index contributed by atoms with van der Waals surface area (Å²) in [5.41, 5.74) is -2.15. The van der Waals surface area contributed by atoms with Gasteiger partial charge in [-0.25, -0.2) is 9.59 Å². The van der Waals surface area contributed by atoms with Crippen LogP contribution in [0.15, 0.2) is 35.9 Å². The van der Waals surface area contributed by atoms with Crippen molar-refractivity contribution in [2.24, 2.45) is 5.41 Å². The van der Waals surface area contributed by atoms with Crippen LogP contribution in [0.2, 0.25) is 5.02 Å². The zero-order chi connectivity index (χ0) is 41.1. The average Bonchev–Trinajstić information content (AvgIpc) is 3.85. The number of methoxy groups -OCH3 is 2. The van der Waals surface area contributed by atoms with Crippen LogP contribution >= 0.6 is 33.2 Å². The molecule has 3 aliphatic rings. The topological polar surface area (TPSA) is 156 Å². The van der Waals surface area contributed by atoms with E-state index in [1.54, 1.807) is 80.7 Å². The van der Waals surface area contributed by atoms with Gasteiger partial charge in [-0.05, 0) is 71.4 Å². The minimum absolute atomic E-state index is 0.0785. The van der Waals surface area contributed by atoms with Crippen molar-refractivity contribution in [3.8, 4) is 5.75 Å². The van der Waals surface area contributed by atoms with Gasteiger partial charge in [-0.15, -0.1) is 0 Å². The van der Waals surface area contributed by atoms with Crippen LogP contribution in [0.3, 0.4) is 0 Å². The lowest BCUT2D eigenvalue weighted by Gasteiger charge is -2.38. The van der Waals surface area contributed by atoms with Crippen LogP contribution in [0.4, 0.5) is 10.5 Å². The molecular formula is C39H56ClN3O10S2. The van der Waals surface area contributed by atoms with E-state index >= 15 is 0 Å². The fourth-order valence-corrected chi connectivity index (χ4v) is 9.87. The Balaban J connectivity index is 1.76. The number of carbonyl (C=O) groups is 4. The van der Waals surface area contributed by atoms with E-state index in [0.717, 1.165) is 11.1 Å². The number of amides is 3. The van der Waals surface area contributed by atoms with Gasteiger partial charge in [-0.2, -0.15) is 0 Å². The molecule has 2 saturated heterocycles. The molecule has 1 aromatic rings. The number of benzene rings is 1. The number of allylic oxidation sites excluding steroid dienone is 3. The number of epoxide rings is 1. The van der Waals surface area contributed by atoms with Gasteiger partial charge in [0.05, 0.1) is 25.3 Å². The number of fused-ring (bicyclic) bond motifs is 6. The lowest BCUT2D eigenvalue weighted by molar-refractivity contribution is -0.162. The van der Waals surface area contributed by atoms with Crippen molar-refractivity contribution < 1.29 is 48.0 Å². The van der Waals surface area contributed by atoms with Gasteiger partial charge in [0.25, 0.3) is 0 Å². The highest BCUT2D eigenvalue weighted by atomic mass is 35.5. The number of halogens is 1. The summed E-state index contributed by atoms with van der Waals surface area (Å²) in [5.74, 6) is -1.01. The molecule has 0 aromatic heterocycles. The molecule has 2 N–H and O–H groups in total. The van der Waals surface area contributed by atoms with Crippen molar-refractivity contribution in [1.29, 1.82) is 0 Å². The molecule has 2 fully saturated rings. The van der Waals surface area contributed by atoms with Crippen LogP contribution < -0.4 is 15.0 Å². The molecule has 4 rings (SSSR count). The SMILES string of the molecule is COc1cc2cc(c1Cl)N(C)C(=O)C[C@H](OC(=O)[C@H](C)N(C)C(=O)CCC(C)(C)SSC)[C@]1(C)O[C@H]1[C@@]1(C)COC(=O)N[C@](O)(C1)[C@H](OC)/C=C/C=C(\C)C2. The number of cyclic esters (lactones) is 1. The first-order valence-corrected chi connectivity index (χ1v) is 21.1. The minimum atomic E-state index is -1.94. The van der Waals surface area contributed by atoms with E-state index in [1.165, 1.54) is 24.0 Å². The van der Waals surface area contributed by atoms with Crippen molar-refractivity contribution in [2.45, 2.75) is 114 Å². The zero-order valence-electron chi connectivity index (χ0n) is 33.6. The summed E-state index contributed by atoms with van der Waals surface area (Å²) < 4.78 is 29.3. The Hall–Kier alpha value is -2.95. The molecule has 13 nitrogen and oxygen atoms in total. The van der Waals surface area contributed by atoms with Crippen molar-refractivity contribution >= 4 is 62.8 Å². The molecule has 55 heavy (non-hydrogen) atoms. The molecular weight excluding hydrogens is 770 g/mol. The summed E-state index contributed by atoms with van der Waals surface area (Å²) in [5, 5.41) is 14.9. The number of esters is 1. The second-order valence-corrected chi connectivity index (χ2v) is 19.3. The number of nitrogens with zero attached hydrogens (tertiary/aromatic N) is 2. The van der Waals surface area contributed by atoms with Crippen LogP contribution in [-0.4, -0.2) is 115 Å². The monoisotopic (exact) mass is 825 g/mol. The number of rotatable bonds is 10. The Kier molecular flexibility index (Phi) is 14.4. The van der Waals surface area contributed by atoms with Gasteiger partial charge >= 0.3 is 12.1 Å². The number of ether oxygens (including phenoxy) is 5. The first-order valence-electron chi connectivity index (χ1n) is 18.2. The molecule has 0 unspecified atom stereocenters. The Morgan fingerprint density at radius 2 is 1.93 bits per heavy atom. The molecule has 3 heterocycles. The van der Waals surface area contributed by atoms with Gasteiger partial charge in [-0.3, -0.25) is 14.9 Å². The maximum Gasteiger partial charge on any atom is 0.409 e. The highest BCUT2D eigenvalue weighted by Crippen LogP contribution is 2.55. The van der Waals surface area contributed by atoms with Crippen molar-refractivity contribution in [3.05, 3.63) is 46.5 Å². The van der Waals surface area contributed by atoms with Gasteiger partial charge < -0.3 is 38.6 Å². The molecule has 1 aromatic carbocycles. The summed E-state index contributed by atoms with van der Waals surface area (Å²) in [6.45, 7) is 11.0. The molecule has 0 aliphatic carbocycles. The lowest BCUT2D eigenvalue weighted by atomic mass is 9.73. The van der Waals surface area contributed by atoms with Gasteiger partial charge in [0.15, 0.2) is 5.72 Å².